The van der Waals surface area contributed by atoms with Crippen LogP contribution in [0.15, 0.2) is 24.3 Å². The van der Waals surface area contributed by atoms with E-state index in [1.807, 2.05) is 24.3 Å². The van der Waals surface area contributed by atoms with Gasteiger partial charge in [0, 0.05) is 0 Å². The fourth-order valence-electron chi connectivity index (χ4n) is 1.05. The van der Waals surface area contributed by atoms with Crippen LogP contribution >= 0.6 is 0 Å². The van der Waals surface area contributed by atoms with Crippen molar-refractivity contribution >= 4 is 0 Å². The van der Waals surface area contributed by atoms with E-state index in [0.29, 0.717) is 0 Å². The van der Waals surface area contributed by atoms with Crippen LogP contribution in [0.1, 0.15) is 27.2 Å². The first-order valence-corrected chi connectivity index (χ1v) is 5.34. The molecule has 0 aliphatic rings. The molecule has 0 aromatic heterocycles. The standard InChI is InChI=1S/C13H20O2/c1-5-13(2,3)10-15-12-8-6-11(14-4)7-9-12/h6-9H,5,10H2,1-4H3. The van der Waals surface area contributed by atoms with Gasteiger partial charge in [0.15, 0.2) is 0 Å². The van der Waals surface area contributed by atoms with Crippen molar-refractivity contribution in [2.75, 3.05) is 13.7 Å². The van der Waals surface area contributed by atoms with E-state index < -0.39 is 0 Å². The van der Waals surface area contributed by atoms with Crippen molar-refractivity contribution in [2.24, 2.45) is 5.41 Å². The zero-order chi connectivity index (χ0) is 11.3. The topological polar surface area (TPSA) is 18.5 Å². The van der Waals surface area contributed by atoms with Gasteiger partial charge in [-0.25, -0.2) is 0 Å². The van der Waals surface area contributed by atoms with Crippen molar-refractivity contribution in [1.82, 2.24) is 0 Å². The van der Waals surface area contributed by atoms with Crippen LogP contribution in [0.2, 0.25) is 0 Å². The van der Waals surface area contributed by atoms with E-state index in [9.17, 15) is 0 Å². The molecule has 0 radical (unpaired) electrons. The van der Waals surface area contributed by atoms with E-state index in [1.54, 1.807) is 7.11 Å². The minimum atomic E-state index is 0.236. The van der Waals surface area contributed by atoms with Gasteiger partial charge < -0.3 is 9.47 Å². The Bertz CT molecular complexity index is 288. The highest BCUT2D eigenvalue weighted by molar-refractivity contribution is 5.31. The van der Waals surface area contributed by atoms with Crippen LogP contribution in [0.3, 0.4) is 0 Å². The van der Waals surface area contributed by atoms with Gasteiger partial charge in [0.2, 0.25) is 0 Å². The summed E-state index contributed by atoms with van der Waals surface area (Å²) >= 11 is 0. The lowest BCUT2D eigenvalue weighted by Crippen LogP contribution is -2.20. The van der Waals surface area contributed by atoms with Crippen LogP contribution in [-0.4, -0.2) is 13.7 Å². The molecule has 1 aromatic carbocycles. The van der Waals surface area contributed by atoms with Gasteiger partial charge in [-0.15, -0.1) is 0 Å². The van der Waals surface area contributed by atoms with Gasteiger partial charge in [0.25, 0.3) is 0 Å². The molecule has 0 saturated heterocycles. The summed E-state index contributed by atoms with van der Waals surface area (Å²) in [7, 11) is 1.66. The maximum absolute atomic E-state index is 5.71. The third kappa shape index (κ3) is 3.82. The van der Waals surface area contributed by atoms with Gasteiger partial charge >= 0.3 is 0 Å². The Morgan fingerprint density at radius 2 is 1.60 bits per heavy atom. The Kier molecular flexibility index (Phi) is 4.01. The lowest BCUT2D eigenvalue weighted by molar-refractivity contribution is 0.175. The van der Waals surface area contributed by atoms with Gasteiger partial charge in [0.05, 0.1) is 13.7 Å². The van der Waals surface area contributed by atoms with Gasteiger partial charge in [-0.2, -0.15) is 0 Å². The van der Waals surface area contributed by atoms with E-state index in [1.165, 1.54) is 0 Å². The molecule has 1 aromatic rings. The summed E-state index contributed by atoms with van der Waals surface area (Å²) in [6.07, 6.45) is 1.11. The fraction of sp³-hybridized carbons (Fsp3) is 0.538. The zero-order valence-electron chi connectivity index (χ0n) is 10.0. The van der Waals surface area contributed by atoms with Crippen LogP contribution < -0.4 is 9.47 Å². The Labute approximate surface area is 92.2 Å². The molecule has 0 fully saturated rings. The molecule has 2 nitrogen and oxygen atoms in total. The minimum absolute atomic E-state index is 0.236. The molecule has 2 heteroatoms. The van der Waals surface area contributed by atoms with E-state index in [0.717, 1.165) is 24.5 Å². The highest BCUT2D eigenvalue weighted by Gasteiger charge is 2.15. The van der Waals surface area contributed by atoms with Crippen LogP contribution in [0.25, 0.3) is 0 Å². The van der Waals surface area contributed by atoms with Crippen molar-refractivity contribution in [3.05, 3.63) is 24.3 Å². The first-order valence-electron chi connectivity index (χ1n) is 5.34. The van der Waals surface area contributed by atoms with Crippen LogP contribution in [0, 0.1) is 5.41 Å². The van der Waals surface area contributed by atoms with Gasteiger partial charge in [0.1, 0.15) is 11.5 Å². The number of methoxy groups -OCH3 is 1. The van der Waals surface area contributed by atoms with Crippen molar-refractivity contribution < 1.29 is 9.47 Å². The molecular weight excluding hydrogens is 188 g/mol. The van der Waals surface area contributed by atoms with Gasteiger partial charge in [-0.3, -0.25) is 0 Å². The first kappa shape index (κ1) is 11.9. The molecule has 0 aliphatic carbocycles. The van der Waals surface area contributed by atoms with Crippen LogP contribution in [-0.2, 0) is 0 Å². The predicted molar refractivity (Wildman–Crippen MR) is 62.6 cm³/mol. The summed E-state index contributed by atoms with van der Waals surface area (Å²) in [6.45, 7) is 7.33. The van der Waals surface area contributed by atoms with E-state index in [4.69, 9.17) is 9.47 Å². The molecule has 0 N–H and O–H groups in total. The molecule has 84 valence electrons. The molecular formula is C13H20O2. The number of rotatable bonds is 5. The van der Waals surface area contributed by atoms with Crippen LogP contribution in [0.5, 0.6) is 11.5 Å². The maximum Gasteiger partial charge on any atom is 0.119 e. The van der Waals surface area contributed by atoms with E-state index >= 15 is 0 Å². The van der Waals surface area contributed by atoms with Crippen molar-refractivity contribution in [1.29, 1.82) is 0 Å². The third-order valence-electron chi connectivity index (χ3n) is 2.65. The normalized spacial score (nSPS) is 11.2. The molecule has 0 amide bonds. The summed E-state index contributed by atoms with van der Waals surface area (Å²) in [4.78, 5) is 0. The molecule has 1 rings (SSSR count). The second kappa shape index (κ2) is 5.06. The van der Waals surface area contributed by atoms with Crippen molar-refractivity contribution in [3.8, 4) is 11.5 Å². The molecule has 0 heterocycles. The number of hydrogen-bond acceptors (Lipinski definition) is 2. The second-order valence-corrected chi connectivity index (χ2v) is 4.48. The molecule has 0 unspecified atom stereocenters. The SMILES string of the molecule is CCC(C)(C)COc1ccc(OC)cc1. The minimum Gasteiger partial charge on any atom is -0.497 e. The third-order valence-corrected chi connectivity index (χ3v) is 2.65. The average Bonchev–Trinajstić information content (AvgIpc) is 2.27. The largest absolute Gasteiger partial charge is 0.497 e. The monoisotopic (exact) mass is 208 g/mol. The van der Waals surface area contributed by atoms with E-state index in [-0.39, 0.29) is 5.41 Å². The Morgan fingerprint density at radius 3 is 2.07 bits per heavy atom. The van der Waals surface area contributed by atoms with Crippen molar-refractivity contribution in [2.45, 2.75) is 27.2 Å². The quantitative estimate of drug-likeness (QED) is 0.737. The van der Waals surface area contributed by atoms with E-state index in [2.05, 4.69) is 20.8 Å². The molecule has 0 spiro atoms. The van der Waals surface area contributed by atoms with Crippen molar-refractivity contribution in [3.63, 3.8) is 0 Å². The molecule has 0 aliphatic heterocycles. The highest BCUT2D eigenvalue weighted by Crippen LogP contribution is 2.23. The molecule has 15 heavy (non-hydrogen) atoms. The van der Waals surface area contributed by atoms with Crippen LogP contribution in [0.4, 0.5) is 0 Å². The lowest BCUT2D eigenvalue weighted by atomic mass is 9.92. The van der Waals surface area contributed by atoms with Gasteiger partial charge in [-0.1, -0.05) is 20.8 Å². The molecule has 0 atom stereocenters. The Balaban J connectivity index is 2.51. The first-order chi connectivity index (χ1) is 7.07. The summed E-state index contributed by atoms with van der Waals surface area (Å²) in [5, 5.41) is 0. The maximum atomic E-state index is 5.71. The summed E-state index contributed by atoms with van der Waals surface area (Å²) in [6, 6.07) is 7.69. The number of hydrogen-bond donors (Lipinski definition) is 0. The molecule has 0 saturated carbocycles. The second-order valence-electron chi connectivity index (χ2n) is 4.48. The molecule has 0 bridgehead atoms. The smallest absolute Gasteiger partial charge is 0.119 e. The highest BCUT2D eigenvalue weighted by atomic mass is 16.5. The number of benzene rings is 1. The summed E-state index contributed by atoms with van der Waals surface area (Å²) < 4.78 is 10.8. The Morgan fingerprint density at radius 1 is 1.07 bits per heavy atom. The van der Waals surface area contributed by atoms with Gasteiger partial charge in [-0.05, 0) is 36.1 Å². The fourth-order valence-corrected chi connectivity index (χ4v) is 1.05. The zero-order valence-corrected chi connectivity index (χ0v) is 10.0. The summed E-state index contributed by atoms with van der Waals surface area (Å²) in [5.41, 5.74) is 0.236. The average molecular weight is 208 g/mol. The summed E-state index contributed by atoms with van der Waals surface area (Å²) in [5.74, 6) is 1.76. The number of ether oxygens (including phenoxy) is 2. The lowest BCUT2D eigenvalue weighted by Gasteiger charge is -2.22. The Hall–Kier alpha value is -1.18. The predicted octanol–water partition coefficient (Wildman–Crippen LogP) is 3.51.